The van der Waals surface area contributed by atoms with Gasteiger partial charge in [-0.1, -0.05) is 36.0 Å². The third-order valence-corrected chi connectivity index (χ3v) is 6.74. The largest absolute Gasteiger partial charge is 0.494 e. The van der Waals surface area contributed by atoms with Crippen LogP contribution < -0.4 is 15.4 Å². The Hall–Kier alpha value is -3.70. The molecule has 0 spiro atoms. The average Bonchev–Trinajstić information content (AvgIpc) is 2.84. The van der Waals surface area contributed by atoms with E-state index in [1.165, 1.54) is 18.9 Å². The molecule has 2 N–H and O–H groups in total. The molecule has 0 saturated heterocycles. The van der Waals surface area contributed by atoms with Crippen LogP contribution in [-0.2, 0) is 14.3 Å². The number of methoxy groups -OCH3 is 1. The van der Waals surface area contributed by atoms with E-state index in [9.17, 15) is 14.9 Å². The predicted molar refractivity (Wildman–Crippen MR) is 138 cm³/mol. The van der Waals surface area contributed by atoms with Crippen LogP contribution in [0.3, 0.4) is 0 Å². The van der Waals surface area contributed by atoms with Gasteiger partial charge in [0.15, 0.2) is 0 Å². The number of benzene rings is 2. The monoisotopic (exact) mass is 491 g/mol. The molecule has 1 unspecified atom stereocenters. The first kappa shape index (κ1) is 25.9. The van der Waals surface area contributed by atoms with Crippen molar-refractivity contribution >= 4 is 29.3 Å². The zero-order valence-corrected chi connectivity index (χ0v) is 21.3. The highest BCUT2D eigenvalue weighted by Crippen LogP contribution is 2.44. The molecule has 35 heavy (non-hydrogen) atoms. The number of hydrogen-bond acceptors (Lipinski definition) is 7. The molecule has 3 rings (SSSR count). The summed E-state index contributed by atoms with van der Waals surface area (Å²) in [4.78, 5) is 25.4. The summed E-state index contributed by atoms with van der Waals surface area (Å²) in [5.41, 5.74) is 4.86. The number of thioether (sulfide) groups is 1. The number of nitrogens with zero attached hydrogens (tertiary/aromatic N) is 1. The average molecular weight is 492 g/mol. The number of esters is 1. The molecule has 1 aliphatic rings. The Morgan fingerprint density at radius 2 is 1.89 bits per heavy atom. The number of carbonyl (C=O) groups is 2. The minimum absolute atomic E-state index is 0.0844. The van der Waals surface area contributed by atoms with E-state index in [1.807, 2.05) is 63.2 Å². The maximum absolute atomic E-state index is 12.8. The number of aryl methyl sites for hydroxylation is 2. The predicted octanol–water partition coefficient (Wildman–Crippen LogP) is 4.94. The van der Waals surface area contributed by atoms with Crippen LogP contribution in [0.4, 0.5) is 5.69 Å². The SMILES string of the molecule is CCOc1ccccc1C1C(C#N)=C(SCC(=O)Nc2ccc(C)c(C)c2)NC(C)=C1C(=O)OC. The minimum Gasteiger partial charge on any atom is -0.494 e. The Balaban J connectivity index is 1.93. The lowest BCUT2D eigenvalue weighted by Gasteiger charge is -2.30. The second-order valence-electron chi connectivity index (χ2n) is 8.05. The van der Waals surface area contributed by atoms with Crippen molar-refractivity contribution in [3.63, 3.8) is 0 Å². The first-order valence-corrected chi connectivity index (χ1v) is 12.2. The number of ether oxygens (including phenoxy) is 2. The Labute approximate surface area is 210 Å². The fourth-order valence-electron chi connectivity index (χ4n) is 3.88. The van der Waals surface area contributed by atoms with Crippen molar-refractivity contribution in [2.75, 3.05) is 24.8 Å². The number of nitrogens with one attached hydrogen (secondary N) is 2. The van der Waals surface area contributed by atoms with Gasteiger partial charge in [-0.3, -0.25) is 4.79 Å². The summed E-state index contributed by atoms with van der Waals surface area (Å²) in [5.74, 6) is -0.754. The van der Waals surface area contributed by atoms with Gasteiger partial charge in [0.05, 0.1) is 47.6 Å². The zero-order valence-electron chi connectivity index (χ0n) is 20.5. The summed E-state index contributed by atoms with van der Waals surface area (Å²) in [7, 11) is 1.31. The minimum atomic E-state index is -0.693. The molecular formula is C27H29N3O4S. The second kappa shape index (κ2) is 11.6. The number of rotatable bonds is 8. The second-order valence-corrected chi connectivity index (χ2v) is 9.04. The highest BCUT2D eigenvalue weighted by atomic mass is 32.2. The normalized spacial score (nSPS) is 15.3. The standard InChI is InChI=1S/C27H29N3O4S/c1-6-34-22-10-8-7-9-20(22)25-21(14-28)26(29-18(4)24(25)27(32)33-5)35-15-23(31)30-19-12-11-16(2)17(3)13-19/h7-13,25,29H,6,15H2,1-5H3,(H,30,31). The number of amides is 1. The molecular weight excluding hydrogens is 462 g/mol. The Morgan fingerprint density at radius 1 is 1.14 bits per heavy atom. The zero-order chi connectivity index (χ0) is 25.5. The fourth-order valence-corrected chi connectivity index (χ4v) is 4.77. The highest BCUT2D eigenvalue weighted by molar-refractivity contribution is 8.03. The van der Waals surface area contributed by atoms with Crippen molar-refractivity contribution in [2.45, 2.75) is 33.6 Å². The van der Waals surface area contributed by atoms with Gasteiger partial charge >= 0.3 is 5.97 Å². The number of dihydropyridines is 1. The molecule has 0 fully saturated rings. The summed E-state index contributed by atoms with van der Waals surface area (Å²) in [6, 6.07) is 15.3. The molecule has 2 aromatic carbocycles. The van der Waals surface area contributed by atoms with Crippen LogP contribution in [0, 0.1) is 25.2 Å². The number of allylic oxidation sites excluding steroid dienone is 2. The Kier molecular flexibility index (Phi) is 8.61. The quantitative estimate of drug-likeness (QED) is 0.504. The number of hydrogen-bond donors (Lipinski definition) is 2. The molecule has 0 bridgehead atoms. The molecule has 1 amide bonds. The topological polar surface area (TPSA) is 100 Å². The van der Waals surface area contributed by atoms with E-state index in [-0.39, 0.29) is 11.7 Å². The fraction of sp³-hybridized carbons (Fsp3) is 0.296. The van der Waals surface area contributed by atoms with Crippen LogP contribution in [0.15, 0.2) is 64.3 Å². The van der Waals surface area contributed by atoms with Gasteiger partial charge in [-0.25, -0.2) is 4.79 Å². The number of para-hydroxylation sites is 1. The van der Waals surface area contributed by atoms with Gasteiger partial charge in [-0.05, 0) is 57.0 Å². The number of nitriles is 1. The van der Waals surface area contributed by atoms with E-state index < -0.39 is 11.9 Å². The molecule has 0 aliphatic carbocycles. The lowest BCUT2D eigenvalue weighted by atomic mass is 9.82. The van der Waals surface area contributed by atoms with E-state index in [1.54, 1.807) is 6.92 Å². The molecule has 182 valence electrons. The first-order chi connectivity index (χ1) is 16.8. The summed E-state index contributed by atoms with van der Waals surface area (Å²) in [6.07, 6.45) is 0. The van der Waals surface area contributed by atoms with E-state index >= 15 is 0 Å². The van der Waals surface area contributed by atoms with E-state index in [0.717, 1.165) is 16.8 Å². The molecule has 2 aromatic rings. The van der Waals surface area contributed by atoms with Crippen LogP contribution in [0.2, 0.25) is 0 Å². The molecule has 7 nitrogen and oxygen atoms in total. The van der Waals surface area contributed by atoms with E-state index in [2.05, 4.69) is 16.7 Å². The summed E-state index contributed by atoms with van der Waals surface area (Å²) < 4.78 is 10.8. The third-order valence-electron chi connectivity index (χ3n) is 5.72. The Morgan fingerprint density at radius 3 is 2.54 bits per heavy atom. The van der Waals surface area contributed by atoms with Gasteiger partial charge in [-0.15, -0.1) is 0 Å². The number of anilines is 1. The van der Waals surface area contributed by atoms with Crippen molar-refractivity contribution in [3.05, 3.63) is 81.0 Å². The van der Waals surface area contributed by atoms with Gasteiger partial charge in [0.25, 0.3) is 0 Å². The van der Waals surface area contributed by atoms with Crippen LogP contribution in [0.5, 0.6) is 5.75 Å². The van der Waals surface area contributed by atoms with E-state index in [0.29, 0.717) is 39.8 Å². The molecule has 1 aliphatic heterocycles. The van der Waals surface area contributed by atoms with Crippen molar-refractivity contribution in [3.8, 4) is 11.8 Å². The molecule has 8 heteroatoms. The van der Waals surface area contributed by atoms with Gasteiger partial charge in [0.1, 0.15) is 5.75 Å². The van der Waals surface area contributed by atoms with Gasteiger partial charge in [-0.2, -0.15) is 5.26 Å². The number of carbonyl (C=O) groups excluding carboxylic acids is 2. The maximum Gasteiger partial charge on any atom is 0.336 e. The lowest BCUT2D eigenvalue weighted by molar-refractivity contribution is -0.136. The van der Waals surface area contributed by atoms with Crippen LogP contribution in [0.25, 0.3) is 0 Å². The van der Waals surface area contributed by atoms with Crippen LogP contribution >= 0.6 is 11.8 Å². The maximum atomic E-state index is 12.8. The molecule has 0 radical (unpaired) electrons. The van der Waals surface area contributed by atoms with Crippen molar-refractivity contribution < 1.29 is 19.1 Å². The van der Waals surface area contributed by atoms with Gasteiger partial charge in [0, 0.05) is 16.9 Å². The summed E-state index contributed by atoms with van der Waals surface area (Å²) in [6.45, 7) is 8.07. The summed E-state index contributed by atoms with van der Waals surface area (Å²) >= 11 is 1.21. The smallest absolute Gasteiger partial charge is 0.336 e. The molecule has 1 atom stereocenters. The van der Waals surface area contributed by atoms with Crippen LogP contribution in [-0.4, -0.2) is 31.3 Å². The third kappa shape index (κ3) is 5.87. The highest BCUT2D eigenvalue weighted by Gasteiger charge is 2.37. The van der Waals surface area contributed by atoms with Gasteiger partial charge in [0.2, 0.25) is 5.91 Å². The van der Waals surface area contributed by atoms with E-state index in [4.69, 9.17) is 9.47 Å². The van der Waals surface area contributed by atoms with Crippen LogP contribution in [0.1, 0.15) is 36.5 Å². The Bertz CT molecular complexity index is 1240. The molecule has 0 aromatic heterocycles. The van der Waals surface area contributed by atoms with Gasteiger partial charge < -0.3 is 20.1 Å². The first-order valence-electron chi connectivity index (χ1n) is 11.2. The molecule has 0 saturated carbocycles. The van der Waals surface area contributed by atoms with Crippen molar-refractivity contribution in [1.29, 1.82) is 5.26 Å². The molecule has 1 heterocycles. The lowest BCUT2D eigenvalue weighted by Crippen LogP contribution is -2.29. The van der Waals surface area contributed by atoms with Crippen molar-refractivity contribution in [2.24, 2.45) is 0 Å². The summed E-state index contributed by atoms with van der Waals surface area (Å²) in [5, 5.41) is 16.7. The van der Waals surface area contributed by atoms with Crippen molar-refractivity contribution in [1.82, 2.24) is 5.32 Å².